The van der Waals surface area contributed by atoms with Crippen molar-refractivity contribution in [3.8, 4) is 17.2 Å². The number of anilines is 2. The summed E-state index contributed by atoms with van der Waals surface area (Å²) in [6.07, 6.45) is 0. The van der Waals surface area contributed by atoms with Crippen molar-refractivity contribution < 1.29 is 19.0 Å². The Hall–Kier alpha value is -4.86. The molecule has 0 spiro atoms. The van der Waals surface area contributed by atoms with Crippen molar-refractivity contribution in [1.82, 2.24) is 20.2 Å². The molecule has 0 radical (unpaired) electrons. The number of nitrogens with zero attached hydrogens (tertiary/aromatic N) is 4. The molecule has 4 aromatic rings. The normalized spacial score (nSPS) is 14.3. The summed E-state index contributed by atoms with van der Waals surface area (Å²) in [7, 11) is 1.58. The van der Waals surface area contributed by atoms with E-state index >= 15 is 0 Å². The summed E-state index contributed by atoms with van der Waals surface area (Å²) >= 11 is 0. The van der Waals surface area contributed by atoms with E-state index in [1.54, 1.807) is 17.9 Å². The van der Waals surface area contributed by atoms with Gasteiger partial charge in [0.05, 0.1) is 25.0 Å². The second-order valence-corrected chi connectivity index (χ2v) is 8.58. The van der Waals surface area contributed by atoms with Gasteiger partial charge in [-0.2, -0.15) is 4.68 Å². The van der Waals surface area contributed by atoms with Gasteiger partial charge < -0.3 is 24.8 Å². The maximum Gasteiger partial charge on any atom is 0.255 e. The number of fused-ring (bicyclic) bond motifs is 1. The molecule has 3 aromatic carbocycles. The van der Waals surface area contributed by atoms with Crippen molar-refractivity contribution >= 4 is 17.5 Å². The molecule has 2 N–H and O–H groups in total. The minimum absolute atomic E-state index is 0.309. The summed E-state index contributed by atoms with van der Waals surface area (Å²) in [5, 5.41) is 18.2. The van der Waals surface area contributed by atoms with Gasteiger partial charge in [-0.25, -0.2) is 0 Å². The number of aromatic nitrogens is 4. The molecule has 194 valence electrons. The molecule has 0 saturated heterocycles. The fraction of sp³-hybridized carbons (Fsp3) is 0.214. The second kappa shape index (κ2) is 11.0. The molecule has 0 saturated carbocycles. The Kier molecular flexibility index (Phi) is 7.21. The highest BCUT2D eigenvalue weighted by Gasteiger charge is 2.35. The number of hydrogen-bond acceptors (Lipinski definition) is 8. The van der Waals surface area contributed by atoms with E-state index in [9.17, 15) is 4.79 Å². The maximum absolute atomic E-state index is 13.7. The van der Waals surface area contributed by atoms with E-state index in [0.29, 0.717) is 53.4 Å². The van der Waals surface area contributed by atoms with E-state index in [-0.39, 0.29) is 5.91 Å². The van der Waals surface area contributed by atoms with Crippen LogP contribution in [0.2, 0.25) is 0 Å². The van der Waals surface area contributed by atoms with Crippen LogP contribution in [0.15, 0.2) is 84.1 Å². The van der Waals surface area contributed by atoms with Crippen LogP contribution in [0, 0.1) is 0 Å². The Labute approximate surface area is 220 Å². The van der Waals surface area contributed by atoms with Gasteiger partial charge in [-0.15, -0.1) is 0 Å². The summed E-state index contributed by atoms with van der Waals surface area (Å²) in [5.41, 5.74) is 3.46. The van der Waals surface area contributed by atoms with E-state index in [0.717, 1.165) is 11.1 Å². The maximum atomic E-state index is 13.7. The highest BCUT2D eigenvalue weighted by Crippen LogP contribution is 2.39. The van der Waals surface area contributed by atoms with Crippen LogP contribution in [0.1, 0.15) is 31.0 Å². The van der Waals surface area contributed by atoms with Gasteiger partial charge >= 0.3 is 0 Å². The number of nitrogens with one attached hydrogen (secondary N) is 2. The SMILES string of the molecule is CCOc1ccccc1NC(=O)C1=C(C)Nc2nnnn2C1c1ccc(OCc2ccccc2)c(OC)c1. The predicted octanol–water partition coefficient (Wildman–Crippen LogP) is 4.59. The van der Waals surface area contributed by atoms with Crippen molar-refractivity contribution in [2.75, 3.05) is 24.4 Å². The molecular weight excluding hydrogens is 484 g/mol. The molecule has 1 amide bonds. The third-order valence-electron chi connectivity index (χ3n) is 6.13. The van der Waals surface area contributed by atoms with Gasteiger partial charge in [0.1, 0.15) is 18.4 Å². The largest absolute Gasteiger partial charge is 0.493 e. The summed E-state index contributed by atoms with van der Waals surface area (Å²) < 4.78 is 19.0. The van der Waals surface area contributed by atoms with Crippen molar-refractivity contribution in [1.29, 1.82) is 0 Å². The average Bonchev–Trinajstić information content (AvgIpc) is 3.41. The molecular formula is C28H28N6O4. The third-order valence-corrected chi connectivity index (χ3v) is 6.13. The highest BCUT2D eigenvalue weighted by molar-refractivity contribution is 6.06. The molecule has 1 aliphatic heterocycles. The average molecular weight is 513 g/mol. The van der Waals surface area contributed by atoms with Crippen molar-refractivity contribution in [3.05, 3.63) is 95.2 Å². The molecule has 10 heteroatoms. The van der Waals surface area contributed by atoms with E-state index in [2.05, 4.69) is 26.2 Å². The number of allylic oxidation sites excluding steroid dienone is 1. The predicted molar refractivity (Wildman–Crippen MR) is 142 cm³/mol. The summed E-state index contributed by atoms with van der Waals surface area (Å²) in [5.74, 6) is 1.83. The molecule has 0 fully saturated rings. The number of hydrogen-bond donors (Lipinski definition) is 2. The van der Waals surface area contributed by atoms with Crippen LogP contribution in [0.3, 0.4) is 0 Å². The fourth-order valence-corrected chi connectivity index (χ4v) is 4.36. The van der Waals surface area contributed by atoms with E-state index in [4.69, 9.17) is 14.2 Å². The van der Waals surface area contributed by atoms with Crippen LogP contribution in [-0.2, 0) is 11.4 Å². The minimum Gasteiger partial charge on any atom is -0.493 e. The number of carbonyl (C=O) groups is 1. The second-order valence-electron chi connectivity index (χ2n) is 8.58. The van der Waals surface area contributed by atoms with Crippen LogP contribution >= 0.6 is 0 Å². The first-order chi connectivity index (χ1) is 18.6. The number of tetrazole rings is 1. The van der Waals surface area contributed by atoms with Crippen LogP contribution in [-0.4, -0.2) is 39.8 Å². The number of carbonyl (C=O) groups excluding carboxylic acids is 1. The Morgan fingerprint density at radius 2 is 1.79 bits per heavy atom. The van der Waals surface area contributed by atoms with Crippen molar-refractivity contribution in [2.24, 2.45) is 0 Å². The minimum atomic E-state index is -0.613. The smallest absolute Gasteiger partial charge is 0.255 e. The van der Waals surface area contributed by atoms with Crippen LogP contribution in [0.25, 0.3) is 0 Å². The number of ether oxygens (including phenoxy) is 3. The number of benzene rings is 3. The van der Waals surface area contributed by atoms with Crippen molar-refractivity contribution in [2.45, 2.75) is 26.5 Å². The number of rotatable bonds is 9. The van der Waals surface area contributed by atoms with Gasteiger partial charge in [0.25, 0.3) is 5.91 Å². The molecule has 5 rings (SSSR count). The lowest BCUT2D eigenvalue weighted by Gasteiger charge is -2.28. The molecule has 1 aromatic heterocycles. The topological polar surface area (TPSA) is 112 Å². The Morgan fingerprint density at radius 1 is 1.00 bits per heavy atom. The number of para-hydroxylation sites is 2. The zero-order chi connectivity index (χ0) is 26.5. The van der Waals surface area contributed by atoms with E-state index < -0.39 is 6.04 Å². The number of amides is 1. The Bertz CT molecular complexity index is 1470. The quantitative estimate of drug-likeness (QED) is 0.335. The first-order valence-electron chi connectivity index (χ1n) is 12.2. The molecule has 2 heterocycles. The summed E-state index contributed by atoms with van der Waals surface area (Å²) in [6.45, 7) is 4.59. The van der Waals surface area contributed by atoms with Gasteiger partial charge in [0, 0.05) is 5.70 Å². The summed E-state index contributed by atoms with van der Waals surface area (Å²) in [4.78, 5) is 13.7. The third kappa shape index (κ3) is 5.01. The molecule has 38 heavy (non-hydrogen) atoms. The van der Waals surface area contributed by atoms with Crippen LogP contribution in [0.4, 0.5) is 11.6 Å². The lowest BCUT2D eigenvalue weighted by atomic mass is 9.94. The van der Waals surface area contributed by atoms with Gasteiger partial charge in [0.15, 0.2) is 11.5 Å². The molecule has 0 bridgehead atoms. The zero-order valence-electron chi connectivity index (χ0n) is 21.3. The highest BCUT2D eigenvalue weighted by atomic mass is 16.5. The lowest BCUT2D eigenvalue weighted by Crippen LogP contribution is -2.31. The lowest BCUT2D eigenvalue weighted by molar-refractivity contribution is -0.113. The van der Waals surface area contributed by atoms with Crippen molar-refractivity contribution in [3.63, 3.8) is 0 Å². The van der Waals surface area contributed by atoms with Gasteiger partial charge in [-0.1, -0.05) is 53.6 Å². The molecule has 10 nitrogen and oxygen atoms in total. The molecule has 0 aliphatic carbocycles. The van der Waals surface area contributed by atoms with Crippen LogP contribution in [0.5, 0.6) is 17.2 Å². The Morgan fingerprint density at radius 3 is 2.58 bits per heavy atom. The molecule has 1 aliphatic rings. The molecule has 1 atom stereocenters. The van der Waals surface area contributed by atoms with Gasteiger partial charge in [-0.05, 0) is 59.7 Å². The monoisotopic (exact) mass is 512 g/mol. The standard InChI is InChI=1S/C28H28N6O4/c1-4-37-22-13-9-8-12-21(22)30-27(35)25-18(2)29-28-31-32-33-34(28)26(25)20-14-15-23(24(16-20)36-3)38-17-19-10-6-5-7-11-19/h5-16,26H,4,17H2,1-3H3,(H,30,35)(H,29,31,33). The number of methoxy groups -OCH3 is 1. The van der Waals surface area contributed by atoms with Gasteiger partial charge in [0.2, 0.25) is 5.95 Å². The van der Waals surface area contributed by atoms with Gasteiger partial charge in [-0.3, -0.25) is 4.79 Å². The fourth-order valence-electron chi connectivity index (χ4n) is 4.36. The Balaban J connectivity index is 1.48. The van der Waals surface area contributed by atoms with Crippen LogP contribution < -0.4 is 24.8 Å². The first kappa shape index (κ1) is 24.8. The first-order valence-corrected chi connectivity index (χ1v) is 12.2. The molecule has 1 unspecified atom stereocenters. The summed E-state index contributed by atoms with van der Waals surface area (Å²) in [6, 6.07) is 22.2. The van der Waals surface area contributed by atoms with E-state index in [1.807, 2.05) is 80.6 Å². The van der Waals surface area contributed by atoms with E-state index in [1.165, 1.54) is 0 Å². The zero-order valence-corrected chi connectivity index (χ0v) is 21.3.